The molecule has 1 aliphatic rings. The molecular weight excluding hydrogens is 268 g/mol. The second-order valence-electron chi connectivity index (χ2n) is 3.84. The van der Waals surface area contributed by atoms with Crippen molar-refractivity contribution in [3.05, 3.63) is 50.9 Å². The third-order valence-electron chi connectivity index (χ3n) is 2.78. The fraction of sp³-hybridized carbons (Fsp3) is 0.154. The van der Waals surface area contributed by atoms with Gasteiger partial charge < -0.3 is 4.79 Å². The minimum Gasteiger partial charge on any atom is -0.301 e. The van der Waals surface area contributed by atoms with Gasteiger partial charge in [-0.1, -0.05) is 18.2 Å². The molecule has 0 bridgehead atoms. The zero-order valence-electron chi connectivity index (χ0n) is 8.96. The summed E-state index contributed by atoms with van der Waals surface area (Å²) in [7, 11) is 0. The second-order valence-corrected chi connectivity index (χ2v) is 7.10. The van der Waals surface area contributed by atoms with E-state index in [1.807, 2.05) is 17.5 Å². The SMILES string of the molecule is O=CC1(c2cccs2)CC=C(c2cccs2)S1. The quantitative estimate of drug-likeness (QED) is 0.775. The van der Waals surface area contributed by atoms with Crippen LogP contribution in [0.3, 0.4) is 0 Å². The molecule has 0 amide bonds. The van der Waals surface area contributed by atoms with E-state index in [2.05, 4.69) is 23.6 Å². The van der Waals surface area contributed by atoms with Crippen molar-refractivity contribution in [2.24, 2.45) is 0 Å². The lowest BCUT2D eigenvalue weighted by Gasteiger charge is -2.19. The third kappa shape index (κ3) is 1.90. The number of hydrogen-bond donors (Lipinski definition) is 0. The number of carbonyl (C=O) groups excluding carboxylic acids is 1. The average molecular weight is 278 g/mol. The molecule has 0 saturated carbocycles. The molecular formula is C13H10OS3. The van der Waals surface area contributed by atoms with E-state index in [1.165, 1.54) is 9.78 Å². The van der Waals surface area contributed by atoms with Gasteiger partial charge in [-0.3, -0.25) is 0 Å². The lowest BCUT2D eigenvalue weighted by Crippen LogP contribution is -2.18. The number of hydrogen-bond acceptors (Lipinski definition) is 4. The predicted molar refractivity (Wildman–Crippen MR) is 76.6 cm³/mol. The number of thiophene rings is 2. The van der Waals surface area contributed by atoms with Crippen molar-refractivity contribution < 1.29 is 4.79 Å². The first-order valence-corrected chi connectivity index (χ1v) is 7.85. The highest BCUT2D eigenvalue weighted by Gasteiger charge is 2.38. The van der Waals surface area contributed by atoms with Crippen LogP contribution in [0, 0.1) is 0 Å². The Morgan fingerprint density at radius 1 is 1.18 bits per heavy atom. The van der Waals surface area contributed by atoms with Crippen LogP contribution in [0.15, 0.2) is 41.1 Å². The summed E-state index contributed by atoms with van der Waals surface area (Å²) >= 11 is 5.08. The largest absolute Gasteiger partial charge is 0.301 e. The van der Waals surface area contributed by atoms with Crippen LogP contribution in [-0.2, 0) is 9.54 Å². The first kappa shape index (κ1) is 11.3. The molecule has 0 aliphatic carbocycles. The molecule has 17 heavy (non-hydrogen) atoms. The highest BCUT2D eigenvalue weighted by molar-refractivity contribution is 8.10. The first-order valence-electron chi connectivity index (χ1n) is 5.27. The van der Waals surface area contributed by atoms with Gasteiger partial charge in [-0.2, -0.15) is 0 Å². The fourth-order valence-electron chi connectivity index (χ4n) is 1.89. The number of rotatable bonds is 3. The molecule has 1 unspecified atom stereocenters. The Labute approximate surface area is 112 Å². The van der Waals surface area contributed by atoms with Crippen LogP contribution in [0.25, 0.3) is 4.91 Å². The van der Waals surface area contributed by atoms with Crippen LogP contribution in [0.5, 0.6) is 0 Å². The lowest BCUT2D eigenvalue weighted by molar-refractivity contribution is -0.109. The van der Waals surface area contributed by atoms with Gasteiger partial charge in [0.05, 0.1) is 0 Å². The lowest BCUT2D eigenvalue weighted by atomic mass is 10.0. The van der Waals surface area contributed by atoms with E-state index >= 15 is 0 Å². The van der Waals surface area contributed by atoms with Crippen molar-refractivity contribution in [3.63, 3.8) is 0 Å². The van der Waals surface area contributed by atoms with Crippen molar-refractivity contribution in [1.82, 2.24) is 0 Å². The average Bonchev–Trinajstić information content (AvgIpc) is 3.10. The van der Waals surface area contributed by atoms with Crippen molar-refractivity contribution in [1.29, 1.82) is 0 Å². The van der Waals surface area contributed by atoms with Gasteiger partial charge in [0.25, 0.3) is 0 Å². The normalized spacial score (nSPS) is 23.6. The molecule has 0 spiro atoms. The minimum atomic E-state index is -0.381. The van der Waals surface area contributed by atoms with E-state index in [4.69, 9.17) is 0 Å². The number of allylic oxidation sites excluding steroid dienone is 1. The van der Waals surface area contributed by atoms with Gasteiger partial charge in [-0.15, -0.1) is 34.4 Å². The molecule has 4 heteroatoms. The van der Waals surface area contributed by atoms with Crippen LogP contribution in [0.2, 0.25) is 0 Å². The highest BCUT2D eigenvalue weighted by atomic mass is 32.2. The summed E-state index contributed by atoms with van der Waals surface area (Å²) in [6, 6.07) is 8.22. The molecule has 3 rings (SSSR count). The standard InChI is InChI=1S/C13H10OS3/c14-9-13(12-4-2-8-16-12)6-5-11(17-13)10-3-1-7-15-10/h1-5,7-9H,6H2. The van der Waals surface area contributed by atoms with E-state index in [-0.39, 0.29) is 4.75 Å². The summed E-state index contributed by atoms with van der Waals surface area (Å²) in [5.74, 6) is 0. The summed E-state index contributed by atoms with van der Waals surface area (Å²) in [5, 5.41) is 4.10. The Morgan fingerprint density at radius 2 is 2.00 bits per heavy atom. The van der Waals surface area contributed by atoms with Gasteiger partial charge in [0.2, 0.25) is 0 Å². The number of thioether (sulfide) groups is 1. The summed E-state index contributed by atoms with van der Waals surface area (Å²) < 4.78 is -0.381. The van der Waals surface area contributed by atoms with Gasteiger partial charge >= 0.3 is 0 Å². The van der Waals surface area contributed by atoms with E-state index in [9.17, 15) is 4.79 Å². The van der Waals surface area contributed by atoms with E-state index in [1.54, 1.807) is 34.4 Å². The topological polar surface area (TPSA) is 17.1 Å². The molecule has 0 radical (unpaired) electrons. The Bertz CT molecular complexity index is 539. The molecule has 0 fully saturated rings. The van der Waals surface area contributed by atoms with E-state index < -0.39 is 0 Å². The van der Waals surface area contributed by atoms with Crippen LogP contribution < -0.4 is 0 Å². The third-order valence-corrected chi connectivity index (χ3v) is 6.44. The van der Waals surface area contributed by atoms with Crippen LogP contribution in [-0.4, -0.2) is 6.29 Å². The van der Waals surface area contributed by atoms with Gasteiger partial charge in [0.1, 0.15) is 11.0 Å². The van der Waals surface area contributed by atoms with Crippen molar-refractivity contribution in [3.8, 4) is 0 Å². The number of carbonyl (C=O) groups is 1. The van der Waals surface area contributed by atoms with Crippen molar-refractivity contribution >= 4 is 45.6 Å². The molecule has 3 heterocycles. The monoisotopic (exact) mass is 278 g/mol. The van der Waals surface area contributed by atoms with Crippen molar-refractivity contribution in [2.75, 3.05) is 0 Å². The predicted octanol–water partition coefficient (Wildman–Crippen LogP) is 4.38. The molecule has 2 aromatic heterocycles. The Morgan fingerprint density at radius 3 is 2.65 bits per heavy atom. The summed E-state index contributed by atoms with van der Waals surface area (Å²) in [6.07, 6.45) is 4.08. The highest BCUT2D eigenvalue weighted by Crippen LogP contribution is 2.53. The van der Waals surface area contributed by atoms with Gasteiger partial charge in [0.15, 0.2) is 0 Å². The summed E-state index contributed by atoms with van der Waals surface area (Å²) in [6.45, 7) is 0. The van der Waals surface area contributed by atoms with Crippen LogP contribution >= 0.6 is 34.4 Å². The Balaban J connectivity index is 1.92. The van der Waals surface area contributed by atoms with Gasteiger partial charge in [0, 0.05) is 14.7 Å². The molecule has 0 saturated heterocycles. The number of aldehydes is 1. The van der Waals surface area contributed by atoms with Crippen molar-refractivity contribution in [2.45, 2.75) is 11.2 Å². The van der Waals surface area contributed by atoms with Gasteiger partial charge in [-0.25, -0.2) is 0 Å². The maximum absolute atomic E-state index is 11.5. The maximum Gasteiger partial charge on any atom is 0.142 e. The summed E-state index contributed by atoms with van der Waals surface area (Å²) in [5.41, 5.74) is 0. The zero-order valence-corrected chi connectivity index (χ0v) is 11.4. The van der Waals surface area contributed by atoms with E-state index in [0.717, 1.165) is 17.6 Å². The van der Waals surface area contributed by atoms with Crippen LogP contribution in [0.4, 0.5) is 0 Å². The maximum atomic E-state index is 11.5. The zero-order chi connectivity index (χ0) is 11.7. The molecule has 0 aromatic carbocycles. The fourth-order valence-corrected chi connectivity index (χ4v) is 5.00. The Kier molecular flexibility index (Phi) is 2.94. The first-order chi connectivity index (χ1) is 8.34. The summed E-state index contributed by atoms with van der Waals surface area (Å²) in [4.78, 5) is 15.1. The smallest absolute Gasteiger partial charge is 0.142 e. The van der Waals surface area contributed by atoms with Crippen LogP contribution in [0.1, 0.15) is 16.2 Å². The molecule has 1 nitrogen and oxygen atoms in total. The molecule has 1 aliphatic heterocycles. The minimum absolute atomic E-state index is 0.381. The molecule has 86 valence electrons. The molecule has 1 atom stereocenters. The van der Waals surface area contributed by atoms with E-state index in [0.29, 0.717) is 0 Å². The Hall–Kier alpha value is -0.840. The second kappa shape index (κ2) is 4.44. The molecule has 0 N–H and O–H groups in total. The van der Waals surface area contributed by atoms with Gasteiger partial charge in [-0.05, 0) is 29.3 Å². The molecule has 2 aromatic rings.